The zero-order valence-electron chi connectivity index (χ0n) is 17.5. The molecule has 0 bridgehead atoms. The van der Waals surface area contributed by atoms with Gasteiger partial charge in [0.25, 0.3) is 5.91 Å². The van der Waals surface area contributed by atoms with Crippen molar-refractivity contribution in [3.05, 3.63) is 81.0 Å². The number of hydrogen-bond donors (Lipinski definition) is 2. The van der Waals surface area contributed by atoms with E-state index in [0.717, 1.165) is 4.47 Å². The lowest BCUT2D eigenvalue weighted by Crippen LogP contribution is -2.29. The Kier molecular flexibility index (Phi) is 8.96. The van der Waals surface area contributed by atoms with Crippen LogP contribution in [0.2, 0.25) is 10.0 Å². The van der Waals surface area contributed by atoms with Gasteiger partial charge < -0.3 is 15.2 Å². The summed E-state index contributed by atoms with van der Waals surface area (Å²) < 4.78 is 2.73. The number of nitrogens with one attached hydrogen (secondary N) is 2. The number of allylic oxidation sites excluding steroid dienone is 1. The number of amides is 2. The Labute approximate surface area is 214 Å². The number of aromatic nitrogens is 3. The predicted molar refractivity (Wildman–Crippen MR) is 136 cm³/mol. The third-order valence-electron chi connectivity index (χ3n) is 4.43. The van der Waals surface area contributed by atoms with Crippen molar-refractivity contribution in [3.8, 4) is 0 Å². The summed E-state index contributed by atoms with van der Waals surface area (Å²) in [5.74, 6) is 0.146. The van der Waals surface area contributed by atoms with Gasteiger partial charge in [-0.15, -0.1) is 16.8 Å². The number of halogens is 3. The van der Waals surface area contributed by atoms with Gasteiger partial charge in [-0.05, 0) is 49.4 Å². The molecule has 0 aliphatic rings. The number of carbonyl (C=O) groups excluding carboxylic acids is 2. The van der Waals surface area contributed by atoms with Gasteiger partial charge in [-0.3, -0.25) is 9.59 Å². The second-order valence-electron chi connectivity index (χ2n) is 6.90. The summed E-state index contributed by atoms with van der Waals surface area (Å²) in [6, 6.07) is 11.5. The molecule has 1 aromatic heterocycles. The Morgan fingerprint density at radius 1 is 1.21 bits per heavy atom. The summed E-state index contributed by atoms with van der Waals surface area (Å²) in [7, 11) is 0. The summed E-state index contributed by atoms with van der Waals surface area (Å²) in [4.78, 5) is 25.0. The lowest BCUT2D eigenvalue weighted by atomic mass is 10.2. The molecule has 3 aromatic rings. The molecule has 1 heterocycles. The molecule has 0 saturated carbocycles. The maximum atomic E-state index is 12.7. The zero-order valence-corrected chi connectivity index (χ0v) is 21.4. The monoisotopic (exact) mass is 567 g/mol. The van der Waals surface area contributed by atoms with Crippen molar-refractivity contribution >= 4 is 68.4 Å². The molecule has 2 amide bonds. The number of rotatable bonds is 9. The van der Waals surface area contributed by atoms with Crippen LogP contribution >= 0.6 is 50.9 Å². The average molecular weight is 569 g/mol. The lowest BCUT2D eigenvalue weighted by Gasteiger charge is -2.16. The van der Waals surface area contributed by atoms with Gasteiger partial charge in [0, 0.05) is 21.7 Å². The molecule has 0 unspecified atom stereocenters. The highest BCUT2D eigenvalue weighted by molar-refractivity contribution is 9.10. The molecule has 11 heteroatoms. The van der Waals surface area contributed by atoms with Crippen molar-refractivity contribution in [2.24, 2.45) is 0 Å². The second kappa shape index (κ2) is 11.7. The fraction of sp³-hybridized carbons (Fsp3) is 0.182. The maximum absolute atomic E-state index is 12.7. The summed E-state index contributed by atoms with van der Waals surface area (Å²) in [5.41, 5.74) is 1.01. The molecule has 7 nitrogen and oxygen atoms in total. The number of carbonyl (C=O) groups is 2. The molecule has 0 aliphatic heterocycles. The van der Waals surface area contributed by atoms with Crippen LogP contribution < -0.4 is 10.6 Å². The molecule has 0 radical (unpaired) electrons. The minimum atomic E-state index is -0.470. The topological polar surface area (TPSA) is 88.9 Å². The normalized spacial score (nSPS) is 11.6. The van der Waals surface area contributed by atoms with Gasteiger partial charge in [-0.1, -0.05) is 57.0 Å². The standard InChI is InChI=1S/C22H20BrCl2N5O2S/c1-3-10-30-20(13(2)26-21(32)17-9-6-15(24)11-18(17)25)28-29-22(30)33-12-19(31)27-16-7-4-14(23)5-8-16/h3-9,11,13H,1,10,12H2,2H3,(H,26,32)(H,27,31)/t13-/m0/s1. The molecule has 0 fully saturated rings. The first-order valence-electron chi connectivity index (χ1n) is 9.76. The van der Waals surface area contributed by atoms with Gasteiger partial charge in [0.15, 0.2) is 11.0 Å². The van der Waals surface area contributed by atoms with Crippen LogP contribution in [0.4, 0.5) is 5.69 Å². The number of nitrogens with zero attached hydrogens (tertiary/aromatic N) is 3. The summed E-state index contributed by atoms with van der Waals surface area (Å²) in [6.45, 7) is 5.99. The molecular formula is C22H20BrCl2N5O2S. The summed E-state index contributed by atoms with van der Waals surface area (Å²) >= 11 is 16.7. The predicted octanol–water partition coefficient (Wildman–Crippen LogP) is 5.76. The van der Waals surface area contributed by atoms with Gasteiger partial charge in [-0.25, -0.2) is 0 Å². The molecule has 0 aliphatic carbocycles. The van der Waals surface area contributed by atoms with E-state index >= 15 is 0 Å². The Hall–Kier alpha value is -2.33. The number of benzene rings is 2. The Morgan fingerprint density at radius 2 is 1.94 bits per heavy atom. The number of hydrogen-bond acceptors (Lipinski definition) is 5. The van der Waals surface area contributed by atoms with E-state index in [-0.39, 0.29) is 22.6 Å². The van der Waals surface area contributed by atoms with E-state index in [1.165, 1.54) is 17.8 Å². The van der Waals surface area contributed by atoms with E-state index in [1.54, 1.807) is 29.7 Å². The van der Waals surface area contributed by atoms with Gasteiger partial charge in [0.1, 0.15) is 0 Å². The van der Waals surface area contributed by atoms with Gasteiger partial charge in [0.05, 0.1) is 22.4 Å². The van der Waals surface area contributed by atoms with Crippen LogP contribution in [0, 0.1) is 0 Å². The fourth-order valence-corrected chi connectivity index (χ4v) is 4.41. The first-order valence-corrected chi connectivity index (χ1v) is 12.3. The van der Waals surface area contributed by atoms with Crippen molar-refractivity contribution in [2.75, 3.05) is 11.1 Å². The largest absolute Gasteiger partial charge is 0.342 e. The highest BCUT2D eigenvalue weighted by Crippen LogP contribution is 2.24. The Morgan fingerprint density at radius 3 is 2.61 bits per heavy atom. The fourth-order valence-electron chi connectivity index (χ4n) is 2.90. The highest BCUT2D eigenvalue weighted by Gasteiger charge is 2.21. The third-order valence-corrected chi connectivity index (χ3v) is 6.47. The lowest BCUT2D eigenvalue weighted by molar-refractivity contribution is -0.113. The number of thioether (sulfide) groups is 1. The van der Waals surface area contributed by atoms with E-state index in [4.69, 9.17) is 23.2 Å². The van der Waals surface area contributed by atoms with Crippen LogP contribution in [0.3, 0.4) is 0 Å². The molecule has 172 valence electrons. The third kappa shape index (κ3) is 6.83. The van der Waals surface area contributed by atoms with E-state index in [0.29, 0.717) is 33.8 Å². The van der Waals surface area contributed by atoms with E-state index < -0.39 is 6.04 Å². The molecular weight excluding hydrogens is 549 g/mol. The zero-order chi connectivity index (χ0) is 24.0. The minimum Gasteiger partial charge on any atom is -0.342 e. The van der Waals surface area contributed by atoms with Gasteiger partial charge >= 0.3 is 0 Å². The molecule has 0 spiro atoms. The van der Waals surface area contributed by atoms with Crippen LogP contribution in [-0.2, 0) is 11.3 Å². The van der Waals surface area contributed by atoms with E-state index in [2.05, 4.69) is 43.3 Å². The summed E-state index contributed by atoms with van der Waals surface area (Å²) in [5, 5.41) is 15.4. The molecule has 0 saturated heterocycles. The van der Waals surface area contributed by atoms with Crippen molar-refractivity contribution in [2.45, 2.75) is 24.7 Å². The van der Waals surface area contributed by atoms with E-state index in [1.807, 2.05) is 24.3 Å². The first kappa shape index (κ1) is 25.3. The van der Waals surface area contributed by atoms with Crippen LogP contribution in [0.1, 0.15) is 29.1 Å². The average Bonchev–Trinajstić information content (AvgIpc) is 3.17. The quantitative estimate of drug-likeness (QED) is 0.253. The van der Waals surface area contributed by atoms with Crippen molar-refractivity contribution in [3.63, 3.8) is 0 Å². The molecule has 33 heavy (non-hydrogen) atoms. The first-order chi connectivity index (χ1) is 15.8. The van der Waals surface area contributed by atoms with Gasteiger partial charge in [-0.2, -0.15) is 0 Å². The Balaban J connectivity index is 1.67. The second-order valence-corrected chi connectivity index (χ2v) is 9.60. The van der Waals surface area contributed by atoms with Crippen LogP contribution in [-0.4, -0.2) is 32.3 Å². The van der Waals surface area contributed by atoms with Crippen molar-refractivity contribution < 1.29 is 9.59 Å². The highest BCUT2D eigenvalue weighted by atomic mass is 79.9. The Bertz CT molecular complexity index is 1170. The SMILES string of the molecule is C=CCn1c(SCC(=O)Nc2ccc(Br)cc2)nnc1[C@H](C)NC(=O)c1ccc(Cl)cc1Cl. The molecule has 2 N–H and O–H groups in total. The van der Waals surface area contributed by atoms with Crippen molar-refractivity contribution in [1.29, 1.82) is 0 Å². The maximum Gasteiger partial charge on any atom is 0.253 e. The molecule has 3 rings (SSSR count). The van der Waals surface area contributed by atoms with Crippen molar-refractivity contribution in [1.82, 2.24) is 20.1 Å². The van der Waals surface area contributed by atoms with E-state index in [9.17, 15) is 9.59 Å². The van der Waals surface area contributed by atoms with Crippen LogP contribution in [0.25, 0.3) is 0 Å². The van der Waals surface area contributed by atoms with Gasteiger partial charge in [0.2, 0.25) is 5.91 Å². The molecule has 1 atom stereocenters. The number of anilines is 1. The smallest absolute Gasteiger partial charge is 0.253 e. The summed E-state index contributed by atoms with van der Waals surface area (Å²) in [6.07, 6.45) is 1.70. The van der Waals surface area contributed by atoms with Crippen LogP contribution in [0.15, 0.2) is 64.7 Å². The minimum absolute atomic E-state index is 0.145. The van der Waals surface area contributed by atoms with Crippen LogP contribution in [0.5, 0.6) is 0 Å². The molecule has 2 aromatic carbocycles.